The summed E-state index contributed by atoms with van der Waals surface area (Å²) in [5, 5.41) is -0.623. The normalized spacial score (nSPS) is 11.8. The van der Waals surface area contributed by atoms with Gasteiger partial charge in [0, 0.05) is 0 Å². The molecular weight excluding hydrogens is 344 g/mol. The molecule has 25 heavy (non-hydrogen) atoms. The third-order valence-corrected chi connectivity index (χ3v) is 4.59. The van der Waals surface area contributed by atoms with Crippen LogP contribution in [0.2, 0.25) is 0 Å². The number of aliphatic imine (C=N–C) groups is 4. The second-order valence-corrected chi connectivity index (χ2v) is 6.49. The lowest BCUT2D eigenvalue weighted by Gasteiger charge is -2.15. The lowest BCUT2D eigenvalue weighted by Crippen LogP contribution is -2.08. The Labute approximate surface area is 151 Å². The van der Waals surface area contributed by atoms with Gasteiger partial charge in [-0.05, 0) is 25.7 Å². The molecule has 0 aromatic heterocycles. The Morgan fingerprint density at radius 3 is 1.40 bits per heavy atom. The number of carbonyl (C=O) groups excluding carboxylic acids is 4. The van der Waals surface area contributed by atoms with Gasteiger partial charge in [0.1, 0.15) is 10.7 Å². The van der Waals surface area contributed by atoms with E-state index >= 15 is 0 Å². The lowest BCUT2D eigenvalue weighted by molar-refractivity contribution is 0.554. The van der Waals surface area contributed by atoms with Gasteiger partial charge in [-0.15, -0.1) is 11.8 Å². The molecule has 0 spiro atoms. The zero-order valence-corrected chi connectivity index (χ0v) is 14.9. The Balaban J connectivity index is 4.24. The van der Waals surface area contributed by atoms with E-state index in [2.05, 4.69) is 20.0 Å². The Morgan fingerprint density at radius 2 is 1.04 bits per heavy atom. The lowest BCUT2D eigenvalue weighted by atomic mass is 10.2. The van der Waals surface area contributed by atoms with E-state index in [1.165, 1.54) is 23.9 Å². The number of thioether (sulfide) groups is 1. The predicted octanol–water partition coefficient (Wildman–Crippen LogP) is 2.84. The second-order valence-electron chi connectivity index (χ2n) is 5.13. The summed E-state index contributed by atoms with van der Waals surface area (Å²) in [5.74, 6) is 0. The third kappa shape index (κ3) is 15.2. The van der Waals surface area contributed by atoms with Crippen LogP contribution in [0.25, 0.3) is 0 Å². The fourth-order valence-corrected chi connectivity index (χ4v) is 3.27. The summed E-state index contributed by atoms with van der Waals surface area (Å²) in [6.07, 6.45) is 12.3. The monoisotopic (exact) mass is 366 g/mol. The van der Waals surface area contributed by atoms with E-state index in [-0.39, 0.29) is 10.7 Å². The van der Waals surface area contributed by atoms with Crippen molar-refractivity contribution in [3.63, 3.8) is 0 Å². The fourth-order valence-electron chi connectivity index (χ4n) is 2.09. The van der Waals surface area contributed by atoms with Gasteiger partial charge < -0.3 is 0 Å². The van der Waals surface area contributed by atoms with Gasteiger partial charge in [-0.3, -0.25) is 0 Å². The van der Waals surface area contributed by atoms with E-state index in [1.54, 1.807) is 12.2 Å². The van der Waals surface area contributed by atoms with Gasteiger partial charge in [-0.2, -0.15) is 9.98 Å². The van der Waals surface area contributed by atoms with Crippen LogP contribution in [-0.2, 0) is 19.2 Å². The van der Waals surface area contributed by atoms with E-state index in [9.17, 15) is 19.2 Å². The first-order valence-corrected chi connectivity index (χ1v) is 9.09. The van der Waals surface area contributed by atoms with Crippen molar-refractivity contribution in [2.45, 2.75) is 62.1 Å². The maximum Gasteiger partial charge on any atom is 0.236 e. The number of nitrogens with zero attached hydrogens (tertiary/aromatic N) is 4. The van der Waals surface area contributed by atoms with Gasteiger partial charge in [0.2, 0.25) is 24.3 Å². The summed E-state index contributed by atoms with van der Waals surface area (Å²) < 4.78 is 0. The quantitative estimate of drug-likeness (QED) is 0.236. The first-order valence-electron chi connectivity index (χ1n) is 8.15. The highest BCUT2D eigenvalue weighted by Gasteiger charge is 2.16. The molecule has 0 aromatic rings. The van der Waals surface area contributed by atoms with E-state index < -0.39 is 0 Å². The zero-order valence-electron chi connectivity index (χ0n) is 14.1. The minimum atomic E-state index is -0.311. The van der Waals surface area contributed by atoms with Crippen molar-refractivity contribution in [2.24, 2.45) is 20.0 Å². The Morgan fingerprint density at radius 1 is 0.600 bits per heavy atom. The predicted molar refractivity (Wildman–Crippen MR) is 94.3 cm³/mol. The molecule has 0 N–H and O–H groups in total. The molecule has 0 aliphatic rings. The van der Waals surface area contributed by atoms with Crippen molar-refractivity contribution in [1.29, 1.82) is 0 Å². The molecule has 8 nitrogen and oxygen atoms in total. The van der Waals surface area contributed by atoms with Gasteiger partial charge in [0.25, 0.3) is 0 Å². The maximum absolute atomic E-state index is 10.6. The molecule has 0 rings (SSSR count). The third-order valence-electron chi connectivity index (χ3n) is 3.28. The van der Waals surface area contributed by atoms with Crippen LogP contribution >= 0.6 is 11.8 Å². The van der Waals surface area contributed by atoms with Gasteiger partial charge in [0.15, 0.2) is 0 Å². The molecule has 0 radical (unpaired) electrons. The Bertz CT molecular complexity index is 498. The standard InChI is InChI=1S/C16H22N4O4S/c21-11-17-9-5-1-3-7-15(19-13-23)25-16(20-14-24)8-4-2-6-10-18-12-22/h15-16H,1-10H2. The van der Waals surface area contributed by atoms with Crippen LogP contribution in [0.1, 0.15) is 51.4 Å². The second kappa shape index (κ2) is 18.2. The average molecular weight is 366 g/mol. The van der Waals surface area contributed by atoms with E-state index in [0.717, 1.165) is 38.5 Å². The number of unbranched alkanes of at least 4 members (excludes halogenated alkanes) is 4. The van der Waals surface area contributed by atoms with Crippen LogP contribution in [0.4, 0.5) is 0 Å². The molecule has 2 atom stereocenters. The molecular formula is C16H22N4O4S. The molecule has 9 heteroatoms. The van der Waals surface area contributed by atoms with E-state index in [4.69, 9.17) is 0 Å². The molecule has 0 bridgehead atoms. The van der Waals surface area contributed by atoms with Crippen molar-refractivity contribution in [3.05, 3.63) is 0 Å². The molecule has 0 heterocycles. The van der Waals surface area contributed by atoms with Crippen molar-refractivity contribution < 1.29 is 19.2 Å². The highest BCUT2D eigenvalue weighted by Crippen LogP contribution is 2.27. The topological polar surface area (TPSA) is 118 Å². The number of rotatable bonds is 16. The SMILES string of the molecule is O=C=NCCCCCC(N=C=O)SC(CCCCCN=C=O)N=C=O. The molecule has 2 unspecified atom stereocenters. The van der Waals surface area contributed by atoms with Crippen LogP contribution in [0.15, 0.2) is 20.0 Å². The van der Waals surface area contributed by atoms with E-state index in [0.29, 0.717) is 25.9 Å². The van der Waals surface area contributed by atoms with Crippen molar-refractivity contribution >= 4 is 36.1 Å². The fraction of sp³-hybridized carbons (Fsp3) is 0.750. The summed E-state index contributed by atoms with van der Waals surface area (Å²) in [6, 6.07) is 0. The summed E-state index contributed by atoms with van der Waals surface area (Å²) >= 11 is 1.35. The van der Waals surface area contributed by atoms with Crippen molar-refractivity contribution in [3.8, 4) is 0 Å². The average Bonchev–Trinajstić information content (AvgIpc) is 2.61. The number of isocyanates is 4. The summed E-state index contributed by atoms with van der Waals surface area (Å²) in [6.45, 7) is 0.898. The van der Waals surface area contributed by atoms with Crippen LogP contribution in [0.5, 0.6) is 0 Å². The molecule has 0 amide bonds. The van der Waals surface area contributed by atoms with Crippen LogP contribution in [-0.4, -0.2) is 48.2 Å². The highest BCUT2D eigenvalue weighted by molar-refractivity contribution is 8.00. The molecule has 0 aromatic carbocycles. The Hall–Kier alpha value is -2.13. The molecule has 0 saturated carbocycles. The number of hydrogen-bond acceptors (Lipinski definition) is 9. The van der Waals surface area contributed by atoms with Gasteiger partial charge in [0.05, 0.1) is 13.1 Å². The van der Waals surface area contributed by atoms with Crippen LogP contribution in [0, 0.1) is 0 Å². The van der Waals surface area contributed by atoms with E-state index in [1.807, 2.05) is 0 Å². The molecule has 0 fully saturated rings. The number of hydrogen-bond donors (Lipinski definition) is 0. The molecule has 0 aliphatic carbocycles. The highest BCUT2D eigenvalue weighted by atomic mass is 32.2. The largest absolute Gasteiger partial charge is 0.236 e. The summed E-state index contributed by atoms with van der Waals surface area (Å²) in [7, 11) is 0. The van der Waals surface area contributed by atoms with Crippen molar-refractivity contribution in [1.82, 2.24) is 0 Å². The summed E-state index contributed by atoms with van der Waals surface area (Å²) in [4.78, 5) is 55.6. The Kier molecular flexibility index (Phi) is 16.7. The first kappa shape index (κ1) is 22.9. The van der Waals surface area contributed by atoms with Gasteiger partial charge in [-0.1, -0.05) is 25.7 Å². The maximum atomic E-state index is 10.6. The minimum Gasteiger partial charge on any atom is -0.211 e. The molecule has 0 saturated heterocycles. The minimum absolute atomic E-state index is 0.311. The first-order chi connectivity index (χ1) is 12.3. The van der Waals surface area contributed by atoms with Crippen molar-refractivity contribution in [2.75, 3.05) is 13.1 Å². The molecule has 136 valence electrons. The smallest absolute Gasteiger partial charge is 0.211 e. The van der Waals surface area contributed by atoms with Gasteiger partial charge in [-0.25, -0.2) is 29.2 Å². The van der Waals surface area contributed by atoms with Crippen LogP contribution < -0.4 is 0 Å². The van der Waals surface area contributed by atoms with Crippen LogP contribution in [0.3, 0.4) is 0 Å². The zero-order chi connectivity index (χ0) is 18.6. The summed E-state index contributed by atoms with van der Waals surface area (Å²) in [5.41, 5.74) is 0. The van der Waals surface area contributed by atoms with Gasteiger partial charge >= 0.3 is 0 Å². The molecule has 0 aliphatic heterocycles.